The highest BCUT2D eigenvalue weighted by Crippen LogP contribution is 2.20. The van der Waals surface area contributed by atoms with Crippen molar-refractivity contribution in [2.24, 2.45) is 0 Å². The minimum atomic E-state index is -0.501. The first kappa shape index (κ1) is 13.8. The van der Waals surface area contributed by atoms with Gasteiger partial charge in [0, 0.05) is 0 Å². The van der Waals surface area contributed by atoms with Crippen LogP contribution in [0.3, 0.4) is 0 Å². The van der Waals surface area contributed by atoms with E-state index in [1.807, 2.05) is 0 Å². The molecule has 0 aliphatic heterocycles. The molecule has 0 radical (unpaired) electrons. The highest BCUT2D eigenvalue weighted by atomic mass is 35.5. The number of hydrogen-bond donors (Lipinski definition) is 1. The van der Waals surface area contributed by atoms with E-state index >= 15 is 0 Å². The highest BCUT2D eigenvalue weighted by molar-refractivity contribution is 6.30. The molecule has 2 rings (SSSR count). The SMILES string of the molecule is CC(O)c1ccc(OCc2ccc(Cl)c(F)c2)cc1. The van der Waals surface area contributed by atoms with E-state index in [1.165, 1.54) is 12.1 Å². The van der Waals surface area contributed by atoms with Gasteiger partial charge >= 0.3 is 0 Å². The molecule has 2 aromatic rings. The fourth-order valence-electron chi connectivity index (χ4n) is 1.64. The molecule has 0 aliphatic carbocycles. The van der Waals surface area contributed by atoms with Crippen LogP contribution in [-0.4, -0.2) is 5.11 Å². The number of ether oxygens (including phenoxy) is 1. The molecule has 2 aromatic carbocycles. The van der Waals surface area contributed by atoms with Crippen LogP contribution < -0.4 is 4.74 Å². The van der Waals surface area contributed by atoms with Crippen molar-refractivity contribution in [2.45, 2.75) is 19.6 Å². The van der Waals surface area contributed by atoms with E-state index in [0.29, 0.717) is 11.3 Å². The minimum absolute atomic E-state index is 0.102. The van der Waals surface area contributed by atoms with Crippen LogP contribution in [-0.2, 0) is 6.61 Å². The maximum absolute atomic E-state index is 13.2. The summed E-state index contributed by atoms with van der Waals surface area (Å²) in [4.78, 5) is 0. The summed E-state index contributed by atoms with van der Waals surface area (Å²) in [5.41, 5.74) is 1.53. The lowest BCUT2D eigenvalue weighted by Gasteiger charge is -2.09. The molecule has 0 aliphatic rings. The van der Waals surface area contributed by atoms with Gasteiger partial charge in [-0.1, -0.05) is 29.8 Å². The molecule has 0 bridgehead atoms. The Hall–Kier alpha value is -1.58. The molecule has 1 N–H and O–H groups in total. The molecule has 0 heterocycles. The summed E-state index contributed by atoms with van der Waals surface area (Å²) in [5, 5.41) is 9.49. The Labute approximate surface area is 116 Å². The van der Waals surface area contributed by atoms with Gasteiger partial charge in [0.05, 0.1) is 11.1 Å². The molecule has 1 atom stereocenters. The summed E-state index contributed by atoms with van der Waals surface area (Å²) in [7, 11) is 0. The third-order valence-corrected chi connectivity index (χ3v) is 3.06. The second-order valence-electron chi connectivity index (χ2n) is 4.28. The van der Waals surface area contributed by atoms with Crippen molar-refractivity contribution in [2.75, 3.05) is 0 Å². The molecule has 4 heteroatoms. The fourth-order valence-corrected chi connectivity index (χ4v) is 1.76. The summed E-state index contributed by atoms with van der Waals surface area (Å²) in [5.74, 6) is 0.215. The number of benzene rings is 2. The molecule has 0 spiro atoms. The monoisotopic (exact) mass is 280 g/mol. The van der Waals surface area contributed by atoms with Crippen LogP contribution in [0.1, 0.15) is 24.2 Å². The maximum atomic E-state index is 13.2. The lowest BCUT2D eigenvalue weighted by Crippen LogP contribution is -1.97. The molecule has 2 nitrogen and oxygen atoms in total. The molecule has 0 saturated carbocycles. The van der Waals surface area contributed by atoms with Crippen LogP contribution in [0.5, 0.6) is 5.75 Å². The topological polar surface area (TPSA) is 29.5 Å². The van der Waals surface area contributed by atoms with Gasteiger partial charge in [-0.2, -0.15) is 0 Å². The van der Waals surface area contributed by atoms with E-state index in [9.17, 15) is 9.50 Å². The Bertz CT molecular complexity index is 553. The number of halogens is 2. The van der Waals surface area contributed by atoms with Crippen LogP contribution in [0.2, 0.25) is 5.02 Å². The molecular weight excluding hydrogens is 267 g/mol. The van der Waals surface area contributed by atoms with Gasteiger partial charge in [-0.25, -0.2) is 4.39 Å². The fraction of sp³-hybridized carbons (Fsp3) is 0.200. The van der Waals surface area contributed by atoms with Crippen LogP contribution in [0.25, 0.3) is 0 Å². The van der Waals surface area contributed by atoms with Crippen molar-refractivity contribution in [1.29, 1.82) is 0 Å². The van der Waals surface area contributed by atoms with Gasteiger partial charge in [-0.05, 0) is 42.3 Å². The zero-order chi connectivity index (χ0) is 13.8. The first-order valence-electron chi connectivity index (χ1n) is 5.91. The van der Waals surface area contributed by atoms with Crippen LogP contribution in [0.15, 0.2) is 42.5 Å². The quantitative estimate of drug-likeness (QED) is 0.913. The summed E-state index contributed by atoms with van der Waals surface area (Å²) >= 11 is 5.61. The van der Waals surface area contributed by atoms with Crippen molar-refractivity contribution >= 4 is 11.6 Å². The van der Waals surface area contributed by atoms with Crippen molar-refractivity contribution in [3.05, 3.63) is 64.4 Å². The second kappa shape index (κ2) is 6.04. The summed E-state index contributed by atoms with van der Waals surface area (Å²) in [6, 6.07) is 11.7. The Balaban J connectivity index is 2.00. The zero-order valence-corrected chi connectivity index (χ0v) is 11.2. The molecule has 19 heavy (non-hydrogen) atoms. The standard InChI is InChI=1S/C15H14ClFO2/c1-10(18)12-3-5-13(6-4-12)19-9-11-2-7-14(16)15(17)8-11/h2-8,10,18H,9H2,1H3. The minimum Gasteiger partial charge on any atom is -0.489 e. The Morgan fingerprint density at radius 1 is 1.21 bits per heavy atom. The first-order chi connectivity index (χ1) is 9.06. The van der Waals surface area contributed by atoms with E-state index in [1.54, 1.807) is 37.3 Å². The molecule has 1 unspecified atom stereocenters. The third-order valence-electron chi connectivity index (χ3n) is 2.75. The average Bonchev–Trinajstić information content (AvgIpc) is 2.40. The molecule has 100 valence electrons. The molecule has 0 fully saturated rings. The summed E-state index contributed by atoms with van der Waals surface area (Å²) in [6.45, 7) is 1.97. The second-order valence-corrected chi connectivity index (χ2v) is 4.69. The van der Waals surface area contributed by atoms with E-state index in [0.717, 1.165) is 5.56 Å². The third kappa shape index (κ3) is 3.69. The predicted octanol–water partition coefficient (Wildman–Crippen LogP) is 4.11. The van der Waals surface area contributed by atoms with Gasteiger partial charge in [0.2, 0.25) is 0 Å². The van der Waals surface area contributed by atoms with E-state index in [2.05, 4.69) is 0 Å². The van der Waals surface area contributed by atoms with Crippen molar-refractivity contribution in [3.63, 3.8) is 0 Å². The average molecular weight is 281 g/mol. The van der Waals surface area contributed by atoms with Gasteiger partial charge in [0.1, 0.15) is 18.2 Å². The predicted molar refractivity (Wildman–Crippen MR) is 72.8 cm³/mol. The highest BCUT2D eigenvalue weighted by Gasteiger charge is 2.03. The zero-order valence-electron chi connectivity index (χ0n) is 10.4. The lowest BCUT2D eigenvalue weighted by molar-refractivity contribution is 0.199. The van der Waals surface area contributed by atoms with Gasteiger partial charge in [-0.3, -0.25) is 0 Å². The summed E-state index contributed by atoms with van der Waals surface area (Å²) in [6.07, 6.45) is -0.501. The number of rotatable bonds is 4. The Kier molecular flexibility index (Phi) is 4.40. The number of aliphatic hydroxyl groups is 1. The van der Waals surface area contributed by atoms with Crippen molar-refractivity contribution < 1.29 is 14.2 Å². The lowest BCUT2D eigenvalue weighted by atomic mass is 10.1. The van der Waals surface area contributed by atoms with E-state index in [4.69, 9.17) is 16.3 Å². The molecular formula is C15H14ClFO2. The smallest absolute Gasteiger partial charge is 0.142 e. The number of aliphatic hydroxyl groups excluding tert-OH is 1. The Morgan fingerprint density at radius 3 is 2.47 bits per heavy atom. The normalized spacial score (nSPS) is 12.2. The van der Waals surface area contributed by atoms with Gasteiger partial charge in [0.15, 0.2) is 0 Å². The van der Waals surface area contributed by atoms with Gasteiger partial charge in [-0.15, -0.1) is 0 Å². The maximum Gasteiger partial charge on any atom is 0.142 e. The largest absolute Gasteiger partial charge is 0.489 e. The summed E-state index contributed by atoms with van der Waals surface area (Å²) < 4.78 is 18.8. The first-order valence-corrected chi connectivity index (χ1v) is 6.29. The molecule has 0 saturated heterocycles. The Morgan fingerprint density at radius 2 is 1.89 bits per heavy atom. The van der Waals surface area contributed by atoms with Crippen LogP contribution in [0, 0.1) is 5.82 Å². The van der Waals surface area contributed by atoms with Crippen LogP contribution >= 0.6 is 11.6 Å². The number of hydrogen-bond acceptors (Lipinski definition) is 2. The molecule has 0 aromatic heterocycles. The van der Waals surface area contributed by atoms with Crippen molar-refractivity contribution in [3.8, 4) is 5.75 Å². The van der Waals surface area contributed by atoms with Gasteiger partial charge in [0.25, 0.3) is 0 Å². The molecule has 0 amide bonds. The van der Waals surface area contributed by atoms with Crippen molar-refractivity contribution in [1.82, 2.24) is 0 Å². The van der Waals surface area contributed by atoms with E-state index < -0.39 is 11.9 Å². The van der Waals surface area contributed by atoms with Crippen LogP contribution in [0.4, 0.5) is 4.39 Å². The van der Waals surface area contributed by atoms with E-state index in [-0.39, 0.29) is 11.6 Å². The van der Waals surface area contributed by atoms with Gasteiger partial charge < -0.3 is 9.84 Å².